The van der Waals surface area contributed by atoms with Crippen molar-refractivity contribution < 1.29 is 9.47 Å². The maximum atomic E-state index is 6.63. The van der Waals surface area contributed by atoms with Gasteiger partial charge in [-0.3, -0.25) is 4.57 Å². The summed E-state index contributed by atoms with van der Waals surface area (Å²) < 4.78 is 16.6. The quantitative estimate of drug-likeness (QED) is 0.148. The Morgan fingerprint density at radius 2 is 1.47 bits per heavy atom. The molecule has 0 bridgehead atoms. The lowest BCUT2D eigenvalue weighted by Crippen LogP contribution is -2.12. The minimum absolute atomic E-state index is 0.0102. The molecule has 248 valence electrons. The number of pyridine rings is 1. The second-order valence-corrected chi connectivity index (χ2v) is 13.7. The van der Waals surface area contributed by atoms with Crippen LogP contribution in [0.4, 0.5) is 0 Å². The molecule has 3 heterocycles. The minimum atomic E-state index is -0.0102. The number of rotatable bonds is 10. The first-order valence-electron chi connectivity index (χ1n) is 17.3. The molecule has 0 aliphatic rings. The van der Waals surface area contributed by atoms with E-state index in [-0.39, 0.29) is 5.41 Å². The zero-order valence-electron chi connectivity index (χ0n) is 29.3. The number of methoxy groups -OCH3 is 1. The predicted molar refractivity (Wildman–Crippen MR) is 201 cm³/mol. The van der Waals surface area contributed by atoms with Crippen LogP contribution in [0.2, 0.25) is 0 Å². The van der Waals surface area contributed by atoms with Crippen molar-refractivity contribution in [2.75, 3.05) is 7.11 Å². The highest BCUT2D eigenvalue weighted by molar-refractivity contribution is 6.10. The zero-order valence-corrected chi connectivity index (χ0v) is 29.3. The van der Waals surface area contributed by atoms with Crippen LogP contribution in [0.3, 0.4) is 0 Å². The third-order valence-corrected chi connectivity index (χ3v) is 9.17. The van der Waals surface area contributed by atoms with Gasteiger partial charge in [0.2, 0.25) is 0 Å². The molecule has 49 heavy (non-hydrogen) atoms. The van der Waals surface area contributed by atoms with Gasteiger partial charge in [0, 0.05) is 34.7 Å². The van der Waals surface area contributed by atoms with Gasteiger partial charge in [0.1, 0.15) is 23.1 Å². The molecule has 7 aromatic rings. The van der Waals surface area contributed by atoms with Crippen molar-refractivity contribution in [1.29, 1.82) is 0 Å². The molecule has 0 spiro atoms. The van der Waals surface area contributed by atoms with Gasteiger partial charge < -0.3 is 9.47 Å². The van der Waals surface area contributed by atoms with E-state index in [1.54, 1.807) is 7.11 Å². The molecular weight excluding hydrogens is 604 g/mol. The van der Waals surface area contributed by atoms with Crippen LogP contribution in [0, 0.1) is 0 Å². The van der Waals surface area contributed by atoms with Crippen LogP contribution in [-0.2, 0) is 18.3 Å². The maximum Gasteiger partial charge on any atom is 0.137 e. The number of fused-ring (bicyclic) bond motifs is 3. The second kappa shape index (κ2) is 13.3. The van der Waals surface area contributed by atoms with Crippen molar-refractivity contribution in [3.63, 3.8) is 0 Å². The predicted octanol–water partition coefficient (Wildman–Crippen LogP) is 11.0. The smallest absolute Gasteiger partial charge is 0.137 e. The van der Waals surface area contributed by atoms with Crippen LogP contribution in [0.15, 0.2) is 109 Å². The van der Waals surface area contributed by atoms with E-state index in [1.165, 1.54) is 22.4 Å². The third kappa shape index (κ3) is 6.19. The van der Waals surface area contributed by atoms with Crippen LogP contribution in [0.25, 0.3) is 44.4 Å². The third-order valence-electron chi connectivity index (χ3n) is 9.17. The van der Waals surface area contributed by atoms with Gasteiger partial charge in [-0.15, -0.1) is 0 Å². The summed E-state index contributed by atoms with van der Waals surface area (Å²) >= 11 is 0. The largest absolute Gasteiger partial charge is 0.497 e. The molecule has 3 aromatic heterocycles. The van der Waals surface area contributed by atoms with Crippen molar-refractivity contribution in [2.24, 2.45) is 0 Å². The molecule has 0 saturated heterocycles. The average Bonchev–Trinajstić information content (AvgIpc) is 3.63. The van der Waals surface area contributed by atoms with Gasteiger partial charge in [0.05, 0.1) is 35.2 Å². The van der Waals surface area contributed by atoms with Gasteiger partial charge in [-0.2, -0.15) is 5.10 Å². The summed E-state index contributed by atoms with van der Waals surface area (Å²) in [6, 6.07) is 35.7. The van der Waals surface area contributed by atoms with E-state index in [2.05, 4.69) is 123 Å². The lowest BCUT2D eigenvalue weighted by molar-refractivity contribution is 0.415. The number of hydrogen-bond acceptors (Lipinski definition) is 4. The lowest BCUT2D eigenvalue weighted by atomic mass is 9.88. The molecule has 0 radical (unpaired) electrons. The van der Waals surface area contributed by atoms with E-state index in [9.17, 15) is 0 Å². The summed E-state index contributed by atoms with van der Waals surface area (Å²) in [6.45, 7) is 11.1. The minimum Gasteiger partial charge on any atom is -0.497 e. The topological polar surface area (TPSA) is 54.1 Å². The summed E-state index contributed by atoms with van der Waals surface area (Å²) in [5.74, 6) is 3.19. The van der Waals surface area contributed by atoms with Crippen LogP contribution >= 0.6 is 0 Å². The van der Waals surface area contributed by atoms with Gasteiger partial charge in [-0.05, 0) is 84.0 Å². The molecule has 0 amide bonds. The Morgan fingerprint density at radius 3 is 2.22 bits per heavy atom. The van der Waals surface area contributed by atoms with E-state index in [0.717, 1.165) is 81.9 Å². The summed E-state index contributed by atoms with van der Waals surface area (Å²) in [6.07, 6.45) is 5.83. The molecule has 4 aromatic carbocycles. The molecule has 6 nitrogen and oxygen atoms in total. The van der Waals surface area contributed by atoms with Gasteiger partial charge >= 0.3 is 0 Å². The summed E-state index contributed by atoms with van der Waals surface area (Å²) in [5, 5.41) is 7.41. The molecule has 0 unspecified atom stereocenters. The molecule has 7 rings (SSSR count). The second-order valence-electron chi connectivity index (χ2n) is 13.7. The number of ether oxygens (including phenoxy) is 2. The highest BCUT2D eigenvalue weighted by Crippen LogP contribution is 2.38. The van der Waals surface area contributed by atoms with Crippen LogP contribution in [-0.4, -0.2) is 26.4 Å². The van der Waals surface area contributed by atoms with E-state index in [4.69, 9.17) is 19.6 Å². The van der Waals surface area contributed by atoms with Gasteiger partial charge in [-0.1, -0.05) is 83.9 Å². The maximum absolute atomic E-state index is 6.63. The van der Waals surface area contributed by atoms with Crippen LogP contribution in [0.5, 0.6) is 17.2 Å². The highest BCUT2D eigenvalue weighted by atomic mass is 16.5. The Labute approximate surface area is 289 Å². The Kier molecular flexibility index (Phi) is 8.72. The van der Waals surface area contributed by atoms with Crippen LogP contribution in [0.1, 0.15) is 64.4 Å². The molecular formula is C43H44N4O2. The fourth-order valence-corrected chi connectivity index (χ4v) is 6.77. The van der Waals surface area contributed by atoms with Gasteiger partial charge in [0.15, 0.2) is 0 Å². The van der Waals surface area contributed by atoms with Crippen molar-refractivity contribution >= 4 is 21.8 Å². The van der Waals surface area contributed by atoms with E-state index in [0.29, 0.717) is 0 Å². The summed E-state index contributed by atoms with van der Waals surface area (Å²) in [7, 11) is 1.70. The van der Waals surface area contributed by atoms with E-state index >= 15 is 0 Å². The standard InChI is InChI=1S/C43H44N4O2/c1-7-13-37-42(29-15-10-9-11-16-29)39(14-8-2)47(45-37)31-17-12-18-33(26-31)49-34-19-21-35-36-27-32(48-6)20-22-38(36)46(40(35)28-34)41-25-30(23-24-44-41)43(3,4)5/h9-12,15-28H,7-8,13-14H2,1-6H3. The first-order chi connectivity index (χ1) is 23.8. The Hall–Kier alpha value is -5.36. The summed E-state index contributed by atoms with van der Waals surface area (Å²) in [5.41, 5.74) is 9.14. The average molecular weight is 649 g/mol. The highest BCUT2D eigenvalue weighted by Gasteiger charge is 2.21. The van der Waals surface area contributed by atoms with Crippen molar-refractivity contribution in [1.82, 2.24) is 19.3 Å². The first-order valence-corrected chi connectivity index (χ1v) is 17.3. The Morgan fingerprint density at radius 1 is 0.694 bits per heavy atom. The molecule has 0 aliphatic carbocycles. The number of aryl methyl sites for hydroxylation is 1. The SMILES string of the molecule is CCCc1nn(-c2cccc(Oc3ccc4c5cc(OC)ccc5n(-c5cc(C(C)(C)C)ccn5)c4c3)c2)c(CCC)c1-c1ccccc1. The van der Waals surface area contributed by atoms with Crippen LogP contribution < -0.4 is 9.47 Å². The Bertz CT molecular complexity index is 2260. The van der Waals surface area contributed by atoms with Gasteiger partial charge in [-0.25, -0.2) is 9.67 Å². The zero-order chi connectivity index (χ0) is 34.1. The van der Waals surface area contributed by atoms with Gasteiger partial charge in [0.25, 0.3) is 0 Å². The summed E-state index contributed by atoms with van der Waals surface area (Å²) in [4.78, 5) is 4.85. The normalized spacial score (nSPS) is 11.8. The molecule has 0 saturated carbocycles. The fourth-order valence-electron chi connectivity index (χ4n) is 6.77. The van der Waals surface area contributed by atoms with E-state index in [1.807, 2.05) is 30.5 Å². The Balaban J connectivity index is 1.32. The molecule has 6 heteroatoms. The number of aromatic nitrogens is 4. The monoisotopic (exact) mass is 648 g/mol. The molecule has 0 N–H and O–H groups in total. The van der Waals surface area contributed by atoms with E-state index < -0.39 is 0 Å². The first kappa shape index (κ1) is 32.2. The number of hydrogen-bond donors (Lipinski definition) is 0. The molecule has 0 atom stereocenters. The van der Waals surface area contributed by atoms with Crippen molar-refractivity contribution in [3.05, 3.63) is 126 Å². The fraction of sp³-hybridized carbons (Fsp3) is 0.256. The lowest BCUT2D eigenvalue weighted by Gasteiger charge is -2.20. The number of benzene rings is 4. The van der Waals surface area contributed by atoms with Crippen molar-refractivity contribution in [2.45, 2.75) is 65.7 Å². The number of nitrogens with zero attached hydrogens (tertiary/aromatic N) is 4. The molecule has 0 fully saturated rings. The molecule has 0 aliphatic heterocycles. The van der Waals surface area contributed by atoms with Crippen molar-refractivity contribution in [3.8, 4) is 39.9 Å².